The Bertz CT molecular complexity index is 1380. The number of aliphatic hydroxyl groups is 1. The average molecular weight is 525 g/mol. The first kappa shape index (κ1) is 27.9. The molecule has 5 N–H and O–H groups in total. The molecule has 6 heteroatoms. The topological polar surface area (TPSA) is 102 Å². The van der Waals surface area contributed by atoms with Gasteiger partial charge in [-0.3, -0.25) is 4.79 Å². The van der Waals surface area contributed by atoms with Crippen LogP contribution >= 0.6 is 0 Å². The van der Waals surface area contributed by atoms with Gasteiger partial charge >= 0.3 is 0 Å². The van der Waals surface area contributed by atoms with Crippen LogP contribution in [0.1, 0.15) is 42.2 Å². The van der Waals surface area contributed by atoms with Gasteiger partial charge in [0.05, 0.1) is 12.5 Å². The smallest absolute Gasteiger partial charge is 0.224 e. The third-order valence-corrected chi connectivity index (χ3v) is 6.66. The van der Waals surface area contributed by atoms with Gasteiger partial charge in [-0.1, -0.05) is 78.9 Å². The van der Waals surface area contributed by atoms with Gasteiger partial charge in [0.1, 0.15) is 11.5 Å². The number of phenols is 2. The Morgan fingerprint density at radius 2 is 1.49 bits per heavy atom. The number of aliphatic hydroxyl groups excluding tert-OH is 1. The lowest BCUT2D eigenvalue weighted by Crippen LogP contribution is -2.43. The molecule has 0 spiro atoms. The zero-order chi connectivity index (χ0) is 27.8. The molecular formula is C33H36N2O4. The molecule has 1 atom stereocenters. The quantitative estimate of drug-likeness (QED) is 0.184. The summed E-state index contributed by atoms with van der Waals surface area (Å²) in [5, 5.41) is 36.3. The van der Waals surface area contributed by atoms with Gasteiger partial charge in [-0.05, 0) is 65.8 Å². The van der Waals surface area contributed by atoms with Crippen molar-refractivity contribution in [2.45, 2.75) is 44.9 Å². The number of rotatable bonds is 11. The van der Waals surface area contributed by atoms with Crippen molar-refractivity contribution >= 4 is 5.91 Å². The third-order valence-electron chi connectivity index (χ3n) is 6.66. The Morgan fingerprint density at radius 3 is 2.23 bits per heavy atom. The Balaban J connectivity index is 1.32. The van der Waals surface area contributed by atoms with E-state index in [-0.39, 0.29) is 35.9 Å². The Hall–Kier alpha value is -4.13. The summed E-state index contributed by atoms with van der Waals surface area (Å²) in [5.41, 5.74) is 5.42. The number of β-amino-alcohol motifs (C(OH)–C–C–N with tert-alkyl or cyclic N) is 1. The Kier molecular flexibility index (Phi) is 9.02. The normalized spacial score (nSPS) is 12.2. The fourth-order valence-electron chi connectivity index (χ4n) is 4.74. The van der Waals surface area contributed by atoms with Crippen molar-refractivity contribution in [1.82, 2.24) is 10.6 Å². The van der Waals surface area contributed by atoms with Crippen LogP contribution in [0.5, 0.6) is 11.5 Å². The van der Waals surface area contributed by atoms with Crippen LogP contribution in [0.2, 0.25) is 0 Å². The molecule has 4 aromatic carbocycles. The number of aromatic hydroxyl groups is 2. The highest BCUT2D eigenvalue weighted by Gasteiger charge is 2.21. The number of carbonyl (C=O) groups excluding carboxylic acids is 1. The van der Waals surface area contributed by atoms with Gasteiger partial charge in [-0.2, -0.15) is 0 Å². The van der Waals surface area contributed by atoms with Crippen molar-refractivity contribution in [2.75, 3.05) is 6.54 Å². The molecule has 0 aliphatic heterocycles. The molecule has 0 fully saturated rings. The van der Waals surface area contributed by atoms with Crippen LogP contribution < -0.4 is 10.6 Å². The number of hydrogen-bond donors (Lipinski definition) is 5. The minimum Gasteiger partial charge on any atom is -0.508 e. The molecule has 202 valence electrons. The van der Waals surface area contributed by atoms with Crippen LogP contribution in [0.4, 0.5) is 0 Å². The molecule has 0 aliphatic carbocycles. The first-order chi connectivity index (χ1) is 18.7. The van der Waals surface area contributed by atoms with Crippen molar-refractivity contribution in [3.05, 3.63) is 119 Å². The molecule has 1 unspecified atom stereocenters. The molecule has 39 heavy (non-hydrogen) atoms. The second-order valence-corrected chi connectivity index (χ2v) is 10.5. The second-order valence-electron chi connectivity index (χ2n) is 10.5. The number of amides is 1. The number of hydrogen-bond acceptors (Lipinski definition) is 5. The summed E-state index contributed by atoms with van der Waals surface area (Å²) in [6.45, 7) is 4.80. The minimum atomic E-state index is -0.885. The van der Waals surface area contributed by atoms with E-state index in [4.69, 9.17) is 0 Å². The van der Waals surface area contributed by atoms with Gasteiger partial charge in [0.25, 0.3) is 0 Å². The van der Waals surface area contributed by atoms with Crippen molar-refractivity contribution in [3.63, 3.8) is 0 Å². The monoisotopic (exact) mass is 524 g/mol. The zero-order valence-electron chi connectivity index (χ0n) is 22.4. The Morgan fingerprint density at radius 1 is 0.821 bits per heavy atom. The van der Waals surface area contributed by atoms with Crippen LogP contribution in [-0.2, 0) is 24.2 Å². The number of phenolic OH excluding ortho intramolecular Hbond substituents is 2. The van der Waals surface area contributed by atoms with E-state index in [0.29, 0.717) is 18.5 Å². The number of nitrogens with one attached hydrogen (secondary N) is 2. The molecule has 0 heterocycles. The molecule has 0 aliphatic rings. The Labute approximate surface area is 230 Å². The largest absolute Gasteiger partial charge is 0.508 e. The first-order valence-corrected chi connectivity index (χ1v) is 13.1. The lowest BCUT2D eigenvalue weighted by Gasteiger charge is -2.28. The summed E-state index contributed by atoms with van der Waals surface area (Å²) in [6.07, 6.45) is 0.0872. The van der Waals surface area contributed by atoms with E-state index >= 15 is 0 Å². The van der Waals surface area contributed by atoms with Crippen molar-refractivity contribution in [3.8, 4) is 22.6 Å². The summed E-state index contributed by atoms with van der Waals surface area (Å²) in [4.78, 5) is 12.8. The summed E-state index contributed by atoms with van der Waals surface area (Å²) in [6, 6.07) is 30.4. The zero-order valence-corrected chi connectivity index (χ0v) is 22.4. The maximum absolute atomic E-state index is 12.8. The fraction of sp³-hybridized carbons (Fsp3) is 0.242. The van der Waals surface area contributed by atoms with E-state index < -0.39 is 6.10 Å². The number of carbonyl (C=O) groups is 1. The highest BCUT2D eigenvalue weighted by atomic mass is 16.3. The molecule has 0 aromatic heterocycles. The fourth-order valence-corrected chi connectivity index (χ4v) is 4.74. The third kappa shape index (κ3) is 8.18. The molecule has 4 rings (SSSR count). The number of benzene rings is 4. The van der Waals surface area contributed by atoms with Crippen LogP contribution in [0.15, 0.2) is 97.1 Å². The van der Waals surface area contributed by atoms with E-state index in [1.54, 1.807) is 0 Å². The van der Waals surface area contributed by atoms with Gasteiger partial charge in [0.15, 0.2) is 0 Å². The van der Waals surface area contributed by atoms with E-state index in [1.165, 1.54) is 18.2 Å². The molecule has 0 bridgehead atoms. The summed E-state index contributed by atoms with van der Waals surface area (Å²) in [5.74, 6) is -0.223. The molecule has 4 aromatic rings. The van der Waals surface area contributed by atoms with Crippen LogP contribution in [0, 0.1) is 0 Å². The predicted molar refractivity (Wildman–Crippen MR) is 154 cm³/mol. The van der Waals surface area contributed by atoms with Gasteiger partial charge < -0.3 is 26.0 Å². The maximum Gasteiger partial charge on any atom is 0.224 e. The lowest BCUT2D eigenvalue weighted by atomic mass is 9.93. The van der Waals surface area contributed by atoms with E-state index in [2.05, 4.69) is 28.8 Å². The SMILES string of the molecule is CC(C)(Cc1cccc(CC(=O)NCc2ccccc2-c2ccccc2)c1)NCC(O)c1cc(O)cc(O)c1. The average Bonchev–Trinajstić information content (AvgIpc) is 2.91. The predicted octanol–water partition coefficient (Wildman–Crippen LogP) is 5.27. The van der Waals surface area contributed by atoms with Crippen molar-refractivity contribution in [2.24, 2.45) is 0 Å². The molecule has 0 saturated carbocycles. The van der Waals surface area contributed by atoms with E-state index in [0.717, 1.165) is 27.8 Å². The second kappa shape index (κ2) is 12.6. The van der Waals surface area contributed by atoms with Gasteiger partial charge in [0.2, 0.25) is 5.91 Å². The highest BCUT2D eigenvalue weighted by Crippen LogP contribution is 2.26. The summed E-state index contributed by atoms with van der Waals surface area (Å²) in [7, 11) is 0. The standard InChI is InChI=1S/C33H36N2O4/c1-33(2,35-22-31(38)27-17-28(36)19-29(37)18-27)20-24-10-8-9-23(15-24)16-32(39)34-21-26-13-6-7-14-30(26)25-11-4-3-5-12-25/h3-15,17-19,31,35-38H,16,20-22H2,1-2H3,(H,34,39). The van der Waals surface area contributed by atoms with E-state index in [9.17, 15) is 20.1 Å². The molecule has 0 saturated heterocycles. The van der Waals surface area contributed by atoms with Crippen LogP contribution in [-0.4, -0.2) is 33.3 Å². The van der Waals surface area contributed by atoms with Crippen LogP contribution in [0.25, 0.3) is 11.1 Å². The summed E-state index contributed by atoms with van der Waals surface area (Å²) < 4.78 is 0. The molecule has 0 radical (unpaired) electrons. The molecule has 1 amide bonds. The van der Waals surface area contributed by atoms with Gasteiger partial charge in [-0.25, -0.2) is 0 Å². The first-order valence-electron chi connectivity index (χ1n) is 13.1. The van der Waals surface area contributed by atoms with Gasteiger partial charge in [0, 0.05) is 24.7 Å². The van der Waals surface area contributed by atoms with Crippen molar-refractivity contribution in [1.29, 1.82) is 0 Å². The maximum atomic E-state index is 12.8. The van der Waals surface area contributed by atoms with Gasteiger partial charge in [-0.15, -0.1) is 0 Å². The lowest BCUT2D eigenvalue weighted by molar-refractivity contribution is -0.120. The van der Waals surface area contributed by atoms with E-state index in [1.807, 2.05) is 74.5 Å². The molecule has 6 nitrogen and oxygen atoms in total. The highest BCUT2D eigenvalue weighted by molar-refractivity contribution is 5.79. The minimum absolute atomic E-state index is 0.0371. The summed E-state index contributed by atoms with van der Waals surface area (Å²) >= 11 is 0. The molecular weight excluding hydrogens is 488 g/mol. The van der Waals surface area contributed by atoms with Crippen LogP contribution in [0.3, 0.4) is 0 Å². The van der Waals surface area contributed by atoms with Crippen molar-refractivity contribution < 1.29 is 20.1 Å².